The predicted octanol–water partition coefficient (Wildman–Crippen LogP) is 3.60. The van der Waals surface area contributed by atoms with Crippen LogP contribution in [-0.2, 0) is 0 Å². The van der Waals surface area contributed by atoms with Gasteiger partial charge in [-0.05, 0) is 35.4 Å². The van der Waals surface area contributed by atoms with Gasteiger partial charge in [0.05, 0.1) is 7.11 Å². The summed E-state index contributed by atoms with van der Waals surface area (Å²) in [7, 11) is 1.51. The molecular weight excluding hydrogens is 311 g/mol. The van der Waals surface area contributed by atoms with Crippen molar-refractivity contribution in [2.45, 2.75) is 6.36 Å². The first kappa shape index (κ1) is 17.0. The number of rotatable bonds is 6. The minimum absolute atomic E-state index is 0.267. The van der Waals surface area contributed by atoms with Gasteiger partial charge in [-0.1, -0.05) is 18.2 Å². The normalized spacial score (nSPS) is 11.2. The number of halogens is 3. The fraction of sp³-hybridized carbons (Fsp3) is 0.250. The van der Waals surface area contributed by atoms with E-state index in [2.05, 4.69) is 4.74 Å². The first-order valence-electron chi connectivity index (χ1n) is 6.80. The van der Waals surface area contributed by atoms with Crippen LogP contribution in [0.5, 0.6) is 17.2 Å². The molecule has 0 unspecified atom stereocenters. The number of nitrogens with two attached hydrogens (primary N) is 1. The van der Waals surface area contributed by atoms with E-state index < -0.39 is 6.36 Å². The van der Waals surface area contributed by atoms with Crippen LogP contribution in [0.1, 0.15) is 0 Å². The van der Waals surface area contributed by atoms with Gasteiger partial charge in [-0.15, -0.1) is 13.2 Å². The zero-order chi connectivity index (χ0) is 16.9. The lowest BCUT2D eigenvalue weighted by atomic mass is 10.1. The minimum atomic E-state index is -4.70. The molecule has 124 valence electrons. The number of alkyl halides is 3. The first-order chi connectivity index (χ1) is 10.9. The molecule has 23 heavy (non-hydrogen) atoms. The highest BCUT2D eigenvalue weighted by atomic mass is 19.4. The summed E-state index contributed by atoms with van der Waals surface area (Å²) >= 11 is 0. The Balaban J connectivity index is 2.21. The molecule has 4 nitrogen and oxygen atoms in total. The molecule has 7 heteroatoms. The Morgan fingerprint density at radius 2 is 1.61 bits per heavy atom. The second kappa shape index (κ2) is 7.23. The molecule has 0 radical (unpaired) electrons. The van der Waals surface area contributed by atoms with Crippen molar-refractivity contribution in [2.75, 3.05) is 20.3 Å². The topological polar surface area (TPSA) is 53.7 Å². The molecule has 0 saturated carbocycles. The molecule has 0 aliphatic heterocycles. The summed E-state index contributed by atoms with van der Waals surface area (Å²) in [5, 5.41) is 0. The van der Waals surface area contributed by atoms with E-state index in [9.17, 15) is 13.2 Å². The second-order valence-electron chi connectivity index (χ2n) is 4.57. The van der Waals surface area contributed by atoms with Crippen molar-refractivity contribution in [2.24, 2.45) is 5.73 Å². The summed E-state index contributed by atoms with van der Waals surface area (Å²) in [6.45, 7) is 0.741. The van der Waals surface area contributed by atoms with E-state index in [4.69, 9.17) is 15.2 Å². The van der Waals surface area contributed by atoms with Gasteiger partial charge >= 0.3 is 6.36 Å². The lowest BCUT2D eigenvalue weighted by Gasteiger charge is -2.12. The van der Waals surface area contributed by atoms with Gasteiger partial charge in [0.15, 0.2) is 11.5 Å². The number of hydrogen-bond donors (Lipinski definition) is 1. The van der Waals surface area contributed by atoms with Crippen molar-refractivity contribution in [3.05, 3.63) is 42.5 Å². The maximum Gasteiger partial charge on any atom is 0.573 e. The largest absolute Gasteiger partial charge is 0.573 e. The molecule has 0 fully saturated rings. The van der Waals surface area contributed by atoms with Crippen molar-refractivity contribution < 1.29 is 27.4 Å². The van der Waals surface area contributed by atoms with E-state index in [-0.39, 0.29) is 5.75 Å². The third-order valence-electron chi connectivity index (χ3n) is 2.96. The van der Waals surface area contributed by atoms with Gasteiger partial charge in [0.2, 0.25) is 0 Å². The Kier molecular flexibility index (Phi) is 5.33. The average Bonchev–Trinajstić information content (AvgIpc) is 2.52. The third kappa shape index (κ3) is 4.79. The first-order valence-corrected chi connectivity index (χ1v) is 6.80. The summed E-state index contributed by atoms with van der Waals surface area (Å²) in [5.74, 6) is 0.807. The van der Waals surface area contributed by atoms with Crippen molar-refractivity contribution in [3.8, 4) is 28.4 Å². The fourth-order valence-corrected chi connectivity index (χ4v) is 1.98. The van der Waals surface area contributed by atoms with Gasteiger partial charge in [0, 0.05) is 6.54 Å². The molecule has 0 saturated heterocycles. The van der Waals surface area contributed by atoms with Gasteiger partial charge in [-0.2, -0.15) is 0 Å². The number of methoxy groups -OCH3 is 1. The zero-order valence-corrected chi connectivity index (χ0v) is 12.4. The van der Waals surface area contributed by atoms with Crippen LogP contribution in [0.2, 0.25) is 0 Å². The van der Waals surface area contributed by atoms with Crippen LogP contribution < -0.4 is 19.9 Å². The SMILES string of the molecule is COc1cc(-c2ccc(OC(F)(F)F)cc2)ccc1OCCN. The summed E-state index contributed by atoms with van der Waals surface area (Å²) in [4.78, 5) is 0. The highest BCUT2D eigenvalue weighted by Crippen LogP contribution is 2.33. The molecule has 0 aromatic heterocycles. The van der Waals surface area contributed by atoms with Gasteiger partial charge in [-0.25, -0.2) is 0 Å². The quantitative estimate of drug-likeness (QED) is 0.881. The molecule has 2 rings (SSSR count). The molecule has 0 aliphatic carbocycles. The van der Waals surface area contributed by atoms with E-state index in [1.54, 1.807) is 18.2 Å². The lowest BCUT2D eigenvalue weighted by Crippen LogP contribution is -2.16. The third-order valence-corrected chi connectivity index (χ3v) is 2.96. The molecular formula is C16H16F3NO3. The number of benzene rings is 2. The summed E-state index contributed by atoms with van der Waals surface area (Å²) in [5.41, 5.74) is 6.89. The van der Waals surface area contributed by atoms with Gasteiger partial charge in [-0.3, -0.25) is 0 Å². The summed E-state index contributed by atoms with van der Waals surface area (Å²) < 4.78 is 51.0. The van der Waals surface area contributed by atoms with Crippen LogP contribution in [0, 0.1) is 0 Å². The smallest absolute Gasteiger partial charge is 0.493 e. The molecule has 0 bridgehead atoms. The Labute approximate surface area is 131 Å². The summed E-state index contributed by atoms with van der Waals surface area (Å²) in [6, 6.07) is 10.8. The van der Waals surface area contributed by atoms with Crippen molar-refractivity contribution in [1.82, 2.24) is 0 Å². The van der Waals surface area contributed by atoms with Crippen LogP contribution in [0.4, 0.5) is 13.2 Å². The van der Waals surface area contributed by atoms with E-state index in [1.165, 1.54) is 31.4 Å². The number of ether oxygens (including phenoxy) is 3. The monoisotopic (exact) mass is 327 g/mol. The molecule has 0 spiro atoms. The highest BCUT2D eigenvalue weighted by molar-refractivity contribution is 5.67. The molecule has 2 aromatic carbocycles. The predicted molar refractivity (Wildman–Crippen MR) is 79.7 cm³/mol. The minimum Gasteiger partial charge on any atom is -0.493 e. The maximum absolute atomic E-state index is 12.1. The van der Waals surface area contributed by atoms with E-state index in [0.717, 1.165) is 11.1 Å². The highest BCUT2D eigenvalue weighted by Gasteiger charge is 2.30. The van der Waals surface area contributed by atoms with Crippen molar-refractivity contribution in [3.63, 3.8) is 0 Å². The Bertz CT molecular complexity index is 642. The van der Waals surface area contributed by atoms with E-state index >= 15 is 0 Å². The van der Waals surface area contributed by atoms with Crippen LogP contribution in [0.15, 0.2) is 42.5 Å². The molecule has 2 N–H and O–H groups in total. The summed E-state index contributed by atoms with van der Waals surface area (Å²) in [6.07, 6.45) is -4.70. The standard InChI is InChI=1S/C16H16F3NO3/c1-21-15-10-12(4-7-14(15)22-9-8-20)11-2-5-13(6-3-11)23-16(17,18)19/h2-7,10H,8-9,20H2,1H3. The van der Waals surface area contributed by atoms with Crippen LogP contribution in [-0.4, -0.2) is 26.6 Å². The fourth-order valence-electron chi connectivity index (χ4n) is 1.98. The maximum atomic E-state index is 12.1. The molecule has 0 aliphatic rings. The number of hydrogen-bond acceptors (Lipinski definition) is 4. The average molecular weight is 327 g/mol. The molecule has 2 aromatic rings. The Morgan fingerprint density at radius 1 is 0.957 bits per heavy atom. The van der Waals surface area contributed by atoms with Gasteiger partial charge in [0.1, 0.15) is 12.4 Å². The van der Waals surface area contributed by atoms with Crippen LogP contribution >= 0.6 is 0 Å². The van der Waals surface area contributed by atoms with Crippen molar-refractivity contribution in [1.29, 1.82) is 0 Å². The lowest BCUT2D eigenvalue weighted by molar-refractivity contribution is -0.274. The van der Waals surface area contributed by atoms with E-state index in [1.807, 2.05) is 0 Å². The van der Waals surface area contributed by atoms with Gasteiger partial charge in [0.25, 0.3) is 0 Å². The van der Waals surface area contributed by atoms with Crippen LogP contribution in [0.25, 0.3) is 11.1 Å². The van der Waals surface area contributed by atoms with Crippen LogP contribution in [0.3, 0.4) is 0 Å². The van der Waals surface area contributed by atoms with Crippen molar-refractivity contribution >= 4 is 0 Å². The molecule has 0 atom stereocenters. The second-order valence-corrected chi connectivity index (χ2v) is 4.57. The molecule has 0 heterocycles. The molecule has 0 amide bonds. The Morgan fingerprint density at radius 3 is 2.17 bits per heavy atom. The zero-order valence-electron chi connectivity index (χ0n) is 12.4. The van der Waals surface area contributed by atoms with E-state index in [0.29, 0.717) is 24.7 Å². The Hall–Kier alpha value is -2.41. The van der Waals surface area contributed by atoms with Gasteiger partial charge < -0.3 is 19.9 Å².